The average Bonchev–Trinajstić information content (AvgIpc) is 2.89. The molecular formula is C19H17BrO4. The quantitative estimate of drug-likeness (QED) is 0.559. The van der Waals surface area contributed by atoms with Gasteiger partial charge in [0.2, 0.25) is 0 Å². The highest BCUT2D eigenvalue weighted by molar-refractivity contribution is 9.10. The summed E-state index contributed by atoms with van der Waals surface area (Å²) in [5, 5.41) is 0.704. The minimum atomic E-state index is -0.378. The van der Waals surface area contributed by atoms with Gasteiger partial charge in [-0.3, -0.25) is 0 Å². The molecule has 4 nitrogen and oxygen atoms in total. The molecule has 3 aromatic rings. The van der Waals surface area contributed by atoms with Crippen molar-refractivity contribution in [3.05, 3.63) is 63.8 Å². The van der Waals surface area contributed by atoms with Crippen molar-refractivity contribution in [1.82, 2.24) is 0 Å². The second kappa shape index (κ2) is 7.09. The maximum atomic E-state index is 12.1. The average molecular weight is 389 g/mol. The molecule has 0 amide bonds. The maximum absolute atomic E-state index is 12.1. The molecule has 0 saturated heterocycles. The summed E-state index contributed by atoms with van der Waals surface area (Å²) < 4.78 is 17.6. The number of esters is 1. The van der Waals surface area contributed by atoms with Crippen LogP contribution in [0.4, 0.5) is 0 Å². The van der Waals surface area contributed by atoms with Gasteiger partial charge in [-0.05, 0) is 38.1 Å². The predicted octanol–water partition coefficient (Wildman–Crippen LogP) is 5.26. The van der Waals surface area contributed by atoms with Crippen LogP contribution in [-0.2, 0) is 11.3 Å². The van der Waals surface area contributed by atoms with E-state index < -0.39 is 0 Å². The number of furan rings is 1. The number of halogens is 1. The molecule has 1 aromatic heterocycles. The van der Waals surface area contributed by atoms with Crippen molar-refractivity contribution >= 4 is 32.9 Å². The molecule has 0 saturated carbocycles. The van der Waals surface area contributed by atoms with Gasteiger partial charge in [-0.1, -0.05) is 34.1 Å². The molecule has 5 heteroatoms. The first-order valence-corrected chi connectivity index (χ1v) is 8.46. The Balaban J connectivity index is 1.89. The van der Waals surface area contributed by atoms with Crippen molar-refractivity contribution in [1.29, 1.82) is 0 Å². The van der Waals surface area contributed by atoms with Crippen LogP contribution in [0.25, 0.3) is 11.0 Å². The number of fused-ring (bicyclic) bond motifs is 1. The van der Waals surface area contributed by atoms with Gasteiger partial charge in [-0.2, -0.15) is 0 Å². The Morgan fingerprint density at radius 2 is 2.00 bits per heavy atom. The lowest BCUT2D eigenvalue weighted by atomic mass is 10.1. The third-order valence-electron chi connectivity index (χ3n) is 3.67. The van der Waals surface area contributed by atoms with Crippen molar-refractivity contribution in [2.24, 2.45) is 0 Å². The summed E-state index contributed by atoms with van der Waals surface area (Å²) in [6.45, 7) is 4.29. The van der Waals surface area contributed by atoms with E-state index in [9.17, 15) is 4.79 Å². The van der Waals surface area contributed by atoms with Gasteiger partial charge in [0.1, 0.15) is 29.3 Å². The van der Waals surface area contributed by atoms with Gasteiger partial charge in [0.05, 0.1) is 6.61 Å². The highest BCUT2D eigenvalue weighted by Gasteiger charge is 2.19. The van der Waals surface area contributed by atoms with Crippen LogP contribution < -0.4 is 4.74 Å². The first-order valence-electron chi connectivity index (χ1n) is 7.66. The van der Waals surface area contributed by atoms with Crippen LogP contribution in [0.5, 0.6) is 5.75 Å². The lowest BCUT2D eigenvalue weighted by Gasteiger charge is -2.08. The summed E-state index contributed by atoms with van der Waals surface area (Å²) in [6, 6.07) is 13.3. The van der Waals surface area contributed by atoms with E-state index in [4.69, 9.17) is 13.9 Å². The topological polar surface area (TPSA) is 48.7 Å². The smallest absolute Gasteiger partial charge is 0.342 e. The number of carbonyl (C=O) groups is 1. The molecule has 0 aliphatic rings. The van der Waals surface area contributed by atoms with Crippen LogP contribution in [0.3, 0.4) is 0 Å². The van der Waals surface area contributed by atoms with E-state index in [0.29, 0.717) is 41.3 Å². The van der Waals surface area contributed by atoms with Crippen LogP contribution in [-0.4, -0.2) is 12.6 Å². The van der Waals surface area contributed by atoms with Crippen LogP contribution in [0.15, 0.2) is 51.4 Å². The van der Waals surface area contributed by atoms with E-state index in [2.05, 4.69) is 15.9 Å². The molecule has 124 valence electrons. The van der Waals surface area contributed by atoms with Crippen LogP contribution in [0.2, 0.25) is 0 Å². The molecule has 0 radical (unpaired) electrons. The Labute approximate surface area is 148 Å². The fourth-order valence-corrected chi connectivity index (χ4v) is 2.92. The Morgan fingerprint density at radius 1 is 1.21 bits per heavy atom. The fraction of sp³-hybridized carbons (Fsp3) is 0.211. The van der Waals surface area contributed by atoms with Gasteiger partial charge in [0, 0.05) is 15.4 Å². The molecule has 0 bridgehead atoms. The highest BCUT2D eigenvalue weighted by Crippen LogP contribution is 2.30. The zero-order valence-electron chi connectivity index (χ0n) is 13.5. The Morgan fingerprint density at radius 3 is 2.75 bits per heavy atom. The Kier molecular flexibility index (Phi) is 4.90. The molecule has 3 rings (SSSR count). The van der Waals surface area contributed by atoms with E-state index in [1.54, 1.807) is 19.9 Å². The van der Waals surface area contributed by atoms with E-state index >= 15 is 0 Å². The molecule has 1 heterocycles. The zero-order chi connectivity index (χ0) is 17.1. The lowest BCUT2D eigenvalue weighted by Crippen LogP contribution is -2.05. The third kappa shape index (κ3) is 3.31. The first kappa shape index (κ1) is 16.6. The Bertz CT molecular complexity index is 882. The molecule has 0 atom stereocenters. The Hall–Kier alpha value is -2.27. The molecule has 0 fully saturated rings. The number of hydrogen-bond acceptors (Lipinski definition) is 4. The maximum Gasteiger partial charge on any atom is 0.342 e. The highest BCUT2D eigenvalue weighted by atomic mass is 79.9. The molecule has 0 N–H and O–H groups in total. The fourth-order valence-electron chi connectivity index (χ4n) is 2.52. The van der Waals surface area contributed by atoms with E-state index in [1.807, 2.05) is 36.4 Å². The number of rotatable bonds is 5. The first-order chi connectivity index (χ1) is 11.6. The molecule has 0 unspecified atom stereocenters. The van der Waals surface area contributed by atoms with Gasteiger partial charge in [-0.25, -0.2) is 4.79 Å². The second-order valence-electron chi connectivity index (χ2n) is 5.29. The van der Waals surface area contributed by atoms with Gasteiger partial charge >= 0.3 is 5.97 Å². The van der Waals surface area contributed by atoms with Crippen LogP contribution in [0.1, 0.15) is 28.6 Å². The summed E-state index contributed by atoms with van der Waals surface area (Å²) in [7, 11) is 0. The SMILES string of the molecule is CCOC(=O)c1c(C)oc2ccc(OCc3ccccc3Br)cc12. The summed E-state index contributed by atoms with van der Waals surface area (Å²) >= 11 is 3.50. The van der Waals surface area contributed by atoms with Gasteiger partial charge in [0.25, 0.3) is 0 Å². The van der Waals surface area contributed by atoms with Crippen molar-refractivity contribution < 1.29 is 18.7 Å². The van der Waals surface area contributed by atoms with Crippen LogP contribution in [0, 0.1) is 6.92 Å². The molecular weight excluding hydrogens is 372 g/mol. The summed E-state index contributed by atoms with van der Waals surface area (Å²) in [5.74, 6) is 0.840. The van der Waals surface area contributed by atoms with Gasteiger partial charge in [-0.15, -0.1) is 0 Å². The van der Waals surface area contributed by atoms with Gasteiger partial charge in [0.15, 0.2) is 0 Å². The van der Waals surface area contributed by atoms with E-state index in [-0.39, 0.29) is 5.97 Å². The van der Waals surface area contributed by atoms with Crippen molar-refractivity contribution in [3.8, 4) is 5.75 Å². The van der Waals surface area contributed by atoms with Crippen LogP contribution >= 0.6 is 15.9 Å². The molecule has 0 aliphatic carbocycles. The van der Waals surface area contributed by atoms with E-state index in [1.165, 1.54) is 0 Å². The summed E-state index contributed by atoms with van der Waals surface area (Å²) in [4.78, 5) is 12.1. The number of hydrogen-bond donors (Lipinski definition) is 0. The number of ether oxygens (including phenoxy) is 2. The molecule has 2 aromatic carbocycles. The third-order valence-corrected chi connectivity index (χ3v) is 4.44. The number of carbonyl (C=O) groups excluding carboxylic acids is 1. The largest absolute Gasteiger partial charge is 0.489 e. The molecule has 0 aliphatic heterocycles. The minimum Gasteiger partial charge on any atom is -0.489 e. The minimum absolute atomic E-state index is 0.323. The van der Waals surface area contributed by atoms with Gasteiger partial charge < -0.3 is 13.9 Å². The summed E-state index contributed by atoms with van der Waals surface area (Å²) in [5.41, 5.74) is 2.15. The number of benzene rings is 2. The van der Waals surface area contributed by atoms with Crippen molar-refractivity contribution in [3.63, 3.8) is 0 Å². The second-order valence-corrected chi connectivity index (χ2v) is 6.15. The lowest BCUT2D eigenvalue weighted by molar-refractivity contribution is 0.0526. The predicted molar refractivity (Wildman–Crippen MR) is 95.4 cm³/mol. The normalized spacial score (nSPS) is 10.8. The summed E-state index contributed by atoms with van der Waals surface area (Å²) in [6.07, 6.45) is 0. The van der Waals surface area contributed by atoms with E-state index in [0.717, 1.165) is 10.0 Å². The molecule has 0 spiro atoms. The monoisotopic (exact) mass is 388 g/mol. The molecule has 24 heavy (non-hydrogen) atoms. The number of aryl methyl sites for hydroxylation is 1. The van der Waals surface area contributed by atoms with Crippen molar-refractivity contribution in [2.75, 3.05) is 6.61 Å². The zero-order valence-corrected chi connectivity index (χ0v) is 15.1. The van der Waals surface area contributed by atoms with Crippen molar-refractivity contribution in [2.45, 2.75) is 20.5 Å². The standard InChI is InChI=1S/C19H17BrO4/c1-3-22-19(21)18-12(2)24-17-9-8-14(10-15(17)18)23-11-13-6-4-5-7-16(13)20/h4-10H,3,11H2,1-2H3.